The zero-order chi connectivity index (χ0) is 21.0. The largest absolute Gasteiger partial charge is 0.493 e. The minimum absolute atomic E-state index is 0.0258. The number of thioether (sulfide) groups is 1. The van der Waals surface area contributed by atoms with Gasteiger partial charge in [-0.3, -0.25) is 0 Å². The molecule has 29 heavy (non-hydrogen) atoms. The molecule has 3 rings (SSSR count). The van der Waals surface area contributed by atoms with Crippen LogP contribution in [0.1, 0.15) is 11.6 Å². The molecule has 2 aromatic heterocycles. The normalized spacial score (nSPS) is 11.7. The zero-order valence-corrected chi connectivity index (χ0v) is 15.3. The molecule has 0 saturated heterocycles. The third-order valence-electron chi connectivity index (χ3n) is 3.35. The lowest BCUT2D eigenvalue weighted by Gasteiger charge is -2.10. The van der Waals surface area contributed by atoms with Gasteiger partial charge in [-0.15, -0.1) is 0 Å². The topological polar surface area (TPSA) is 83.2 Å². The van der Waals surface area contributed by atoms with Crippen LogP contribution < -0.4 is 9.47 Å². The quantitative estimate of drug-likeness (QED) is 0.307. The molecule has 0 aliphatic rings. The number of ether oxygens (including phenoxy) is 2. The summed E-state index contributed by atoms with van der Waals surface area (Å²) in [5, 5.41) is 3.65. The van der Waals surface area contributed by atoms with E-state index in [2.05, 4.69) is 24.8 Å². The van der Waals surface area contributed by atoms with Crippen molar-refractivity contribution in [3.8, 4) is 22.9 Å². The average molecular weight is 434 g/mol. The van der Waals surface area contributed by atoms with E-state index in [4.69, 9.17) is 9.26 Å². The van der Waals surface area contributed by atoms with Gasteiger partial charge in [0, 0.05) is 11.8 Å². The highest BCUT2D eigenvalue weighted by Crippen LogP contribution is 2.33. The maximum atomic E-state index is 12.7. The summed E-state index contributed by atoms with van der Waals surface area (Å²) in [6, 6.07) is 4.85. The lowest BCUT2D eigenvalue weighted by atomic mass is 10.2. The number of halogens is 5. The number of methoxy groups -OCH3 is 1. The summed E-state index contributed by atoms with van der Waals surface area (Å²) in [4.78, 5) is 11.3. The van der Waals surface area contributed by atoms with Crippen molar-refractivity contribution in [2.75, 3.05) is 7.11 Å². The molecule has 7 nitrogen and oxygen atoms in total. The molecule has 0 bridgehead atoms. The fraction of sp³-hybridized carbons (Fsp3) is 0.250. The van der Waals surface area contributed by atoms with E-state index in [9.17, 15) is 22.0 Å². The first-order valence-corrected chi connectivity index (χ1v) is 8.73. The maximum Gasteiger partial charge on any atom is 0.433 e. The predicted molar refractivity (Wildman–Crippen MR) is 89.5 cm³/mol. The Kier molecular flexibility index (Phi) is 6.15. The van der Waals surface area contributed by atoms with Crippen LogP contribution in [0.5, 0.6) is 11.5 Å². The van der Waals surface area contributed by atoms with Crippen molar-refractivity contribution in [1.82, 2.24) is 20.1 Å². The zero-order valence-electron chi connectivity index (χ0n) is 14.5. The summed E-state index contributed by atoms with van der Waals surface area (Å²) < 4.78 is 77.2. The Morgan fingerprint density at radius 1 is 1.14 bits per heavy atom. The van der Waals surface area contributed by atoms with Crippen molar-refractivity contribution in [2.24, 2.45) is 0 Å². The lowest BCUT2D eigenvalue weighted by molar-refractivity contribution is -0.141. The number of alkyl halides is 5. The fourth-order valence-electron chi connectivity index (χ4n) is 2.13. The van der Waals surface area contributed by atoms with Crippen LogP contribution in [0.15, 0.2) is 40.1 Å². The van der Waals surface area contributed by atoms with E-state index >= 15 is 0 Å². The number of hydrogen-bond acceptors (Lipinski definition) is 8. The SMILES string of the molecule is COc1cc(-c2noc(CSc3nccc(C(F)(F)F)n3)n2)ccc1OC(F)F. The first-order valence-electron chi connectivity index (χ1n) is 7.75. The highest BCUT2D eigenvalue weighted by Gasteiger charge is 2.32. The molecule has 1 aromatic carbocycles. The summed E-state index contributed by atoms with van der Waals surface area (Å²) in [7, 11) is 1.28. The van der Waals surface area contributed by atoms with Gasteiger partial charge in [-0.05, 0) is 24.3 Å². The number of nitrogens with zero attached hydrogens (tertiary/aromatic N) is 4. The third kappa shape index (κ3) is 5.31. The Balaban J connectivity index is 1.71. The Bertz CT molecular complexity index is 983. The van der Waals surface area contributed by atoms with Crippen LogP contribution in [-0.4, -0.2) is 33.8 Å². The van der Waals surface area contributed by atoms with Crippen molar-refractivity contribution in [3.63, 3.8) is 0 Å². The molecule has 0 unspecified atom stereocenters. The summed E-state index contributed by atoms with van der Waals surface area (Å²) >= 11 is 0.883. The Hall–Kier alpha value is -2.96. The van der Waals surface area contributed by atoms with Crippen LogP contribution in [0.2, 0.25) is 0 Å². The number of benzene rings is 1. The van der Waals surface area contributed by atoms with Crippen molar-refractivity contribution in [2.45, 2.75) is 23.7 Å². The van der Waals surface area contributed by atoms with Crippen molar-refractivity contribution in [3.05, 3.63) is 42.0 Å². The van der Waals surface area contributed by atoms with Gasteiger partial charge in [0.15, 0.2) is 16.7 Å². The Morgan fingerprint density at radius 2 is 1.93 bits per heavy atom. The third-order valence-corrected chi connectivity index (χ3v) is 4.20. The van der Waals surface area contributed by atoms with Gasteiger partial charge in [-0.1, -0.05) is 16.9 Å². The molecule has 13 heteroatoms. The molecule has 0 atom stereocenters. The standard InChI is InChI=1S/C16H11F5N4O3S/c1-26-10-6-8(2-3-9(10)27-14(17)18)13-24-12(28-25-13)7-29-15-22-5-4-11(23-15)16(19,20)21/h2-6,14H,7H2,1H3. The summed E-state index contributed by atoms with van der Waals surface area (Å²) in [6.45, 7) is -3.01. The number of aromatic nitrogens is 4. The average Bonchev–Trinajstić information content (AvgIpc) is 3.15. The second-order valence-corrected chi connectivity index (χ2v) is 6.21. The molecule has 0 radical (unpaired) electrons. The van der Waals surface area contributed by atoms with Crippen LogP contribution >= 0.6 is 11.8 Å². The van der Waals surface area contributed by atoms with Gasteiger partial charge in [0.25, 0.3) is 0 Å². The van der Waals surface area contributed by atoms with E-state index in [1.54, 1.807) is 0 Å². The minimum Gasteiger partial charge on any atom is -0.493 e. The smallest absolute Gasteiger partial charge is 0.433 e. The van der Waals surface area contributed by atoms with Crippen LogP contribution in [-0.2, 0) is 11.9 Å². The first-order chi connectivity index (χ1) is 13.8. The number of hydrogen-bond donors (Lipinski definition) is 0. The van der Waals surface area contributed by atoms with E-state index in [-0.39, 0.29) is 34.1 Å². The molecule has 0 fully saturated rings. The molecule has 0 saturated carbocycles. The molecule has 0 aliphatic heterocycles. The van der Waals surface area contributed by atoms with E-state index in [1.165, 1.54) is 25.3 Å². The lowest BCUT2D eigenvalue weighted by Crippen LogP contribution is -2.08. The Morgan fingerprint density at radius 3 is 2.62 bits per heavy atom. The molecule has 0 spiro atoms. The second-order valence-electron chi connectivity index (χ2n) is 5.27. The molecular formula is C16H11F5N4O3S. The molecule has 3 aromatic rings. The summed E-state index contributed by atoms with van der Waals surface area (Å²) in [5.74, 6) is 0.149. The van der Waals surface area contributed by atoms with Crippen molar-refractivity contribution in [1.29, 1.82) is 0 Å². The van der Waals surface area contributed by atoms with Gasteiger partial charge in [0.05, 0.1) is 12.9 Å². The van der Waals surface area contributed by atoms with Gasteiger partial charge in [-0.25, -0.2) is 9.97 Å². The molecule has 154 valence electrons. The molecule has 2 heterocycles. The van der Waals surface area contributed by atoms with Crippen LogP contribution in [0.3, 0.4) is 0 Å². The van der Waals surface area contributed by atoms with Gasteiger partial charge in [-0.2, -0.15) is 26.9 Å². The maximum absolute atomic E-state index is 12.7. The molecular weight excluding hydrogens is 423 g/mol. The van der Waals surface area contributed by atoms with Crippen molar-refractivity contribution >= 4 is 11.8 Å². The predicted octanol–water partition coefficient (Wildman–Crippen LogP) is 4.45. The van der Waals surface area contributed by atoms with Gasteiger partial charge < -0.3 is 14.0 Å². The summed E-state index contributed by atoms with van der Waals surface area (Å²) in [5.41, 5.74) is -0.654. The van der Waals surface area contributed by atoms with Gasteiger partial charge in [0.1, 0.15) is 5.69 Å². The molecule has 0 amide bonds. The second kappa shape index (κ2) is 8.59. The van der Waals surface area contributed by atoms with Crippen molar-refractivity contribution < 1.29 is 35.9 Å². The first kappa shape index (κ1) is 20.8. The summed E-state index contributed by atoms with van der Waals surface area (Å²) in [6.07, 6.45) is -3.57. The molecule has 0 aliphatic carbocycles. The molecule has 0 N–H and O–H groups in total. The van der Waals surface area contributed by atoms with E-state index in [0.29, 0.717) is 5.56 Å². The van der Waals surface area contributed by atoms with Crippen LogP contribution in [0.4, 0.5) is 22.0 Å². The number of rotatable bonds is 7. The van der Waals surface area contributed by atoms with E-state index in [0.717, 1.165) is 24.0 Å². The van der Waals surface area contributed by atoms with E-state index in [1.807, 2.05) is 0 Å². The van der Waals surface area contributed by atoms with Crippen LogP contribution in [0, 0.1) is 0 Å². The highest BCUT2D eigenvalue weighted by molar-refractivity contribution is 7.98. The van der Waals surface area contributed by atoms with Gasteiger partial charge in [0.2, 0.25) is 11.7 Å². The van der Waals surface area contributed by atoms with Crippen LogP contribution in [0.25, 0.3) is 11.4 Å². The minimum atomic E-state index is -4.57. The highest BCUT2D eigenvalue weighted by atomic mass is 32.2. The van der Waals surface area contributed by atoms with Gasteiger partial charge >= 0.3 is 12.8 Å². The fourth-order valence-corrected chi connectivity index (χ4v) is 2.79. The Labute approximate surface area is 164 Å². The van der Waals surface area contributed by atoms with E-state index < -0.39 is 18.5 Å². The monoisotopic (exact) mass is 434 g/mol.